The molecule has 0 amide bonds. The number of sulfone groups is 1. The Morgan fingerprint density at radius 2 is 2.16 bits per heavy atom. The Morgan fingerprint density at radius 3 is 2.79 bits per heavy atom. The Labute approximate surface area is 122 Å². The molecule has 6 heteroatoms. The normalized spacial score (nSPS) is 14.0. The smallest absolute Gasteiger partial charge is 0.150 e. The number of fused-ring (bicyclic) bond motifs is 1. The van der Waals surface area contributed by atoms with Gasteiger partial charge >= 0.3 is 0 Å². The van der Waals surface area contributed by atoms with Crippen LogP contribution in [0.3, 0.4) is 0 Å². The van der Waals surface area contributed by atoms with Crippen molar-refractivity contribution in [3.8, 4) is 0 Å². The Hall–Kier alpha value is -0.430. The maximum Gasteiger partial charge on any atom is 0.150 e. The summed E-state index contributed by atoms with van der Waals surface area (Å²) in [6.45, 7) is 1.71. The van der Waals surface area contributed by atoms with E-state index in [4.69, 9.17) is 0 Å². The lowest BCUT2D eigenvalue weighted by atomic mass is 10.1. The van der Waals surface area contributed by atoms with Crippen molar-refractivity contribution in [3.05, 3.63) is 22.4 Å². The lowest BCUT2D eigenvalue weighted by Gasteiger charge is -2.14. The van der Waals surface area contributed by atoms with E-state index in [1.165, 1.54) is 14.3 Å². The number of hydrogen-bond acceptors (Lipinski definition) is 5. The second-order valence-corrected chi connectivity index (χ2v) is 9.05. The monoisotopic (exact) mass is 317 g/mol. The van der Waals surface area contributed by atoms with Gasteiger partial charge in [0, 0.05) is 26.1 Å². The number of nitrogens with one attached hydrogen (secondary N) is 1. The molecule has 0 bridgehead atoms. The van der Waals surface area contributed by atoms with Gasteiger partial charge in [-0.15, -0.1) is 22.7 Å². The van der Waals surface area contributed by atoms with E-state index >= 15 is 0 Å². The zero-order chi connectivity index (χ0) is 13.9. The maximum atomic E-state index is 11.5. The fraction of sp³-hybridized carbons (Fsp3) is 0.538. The molecule has 1 N–H and O–H groups in total. The summed E-state index contributed by atoms with van der Waals surface area (Å²) >= 11 is 3.55. The van der Waals surface area contributed by atoms with Crippen LogP contribution in [0.15, 0.2) is 17.5 Å². The van der Waals surface area contributed by atoms with Crippen molar-refractivity contribution in [1.29, 1.82) is 0 Å². The van der Waals surface area contributed by atoms with Crippen LogP contribution >= 0.6 is 22.7 Å². The molecular formula is C13H19NO2S3. The highest BCUT2D eigenvalue weighted by Crippen LogP contribution is 2.34. The van der Waals surface area contributed by atoms with Crippen LogP contribution in [0, 0.1) is 0 Å². The van der Waals surface area contributed by atoms with Crippen LogP contribution < -0.4 is 5.32 Å². The minimum Gasteiger partial charge on any atom is -0.312 e. The summed E-state index contributed by atoms with van der Waals surface area (Å²) in [4.78, 5) is 1.30. The van der Waals surface area contributed by atoms with Crippen LogP contribution in [-0.2, 0) is 9.84 Å². The molecule has 0 aliphatic rings. The molecule has 0 aromatic carbocycles. The van der Waals surface area contributed by atoms with E-state index < -0.39 is 9.84 Å². The highest BCUT2D eigenvalue weighted by atomic mass is 32.2. The van der Waals surface area contributed by atoms with Crippen molar-refractivity contribution in [2.24, 2.45) is 0 Å². The largest absolute Gasteiger partial charge is 0.312 e. The molecule has 2 aromatic rings. The predicted molar refractivity (Wildman–Crippen MR) is 85.1 cm³/mol. The molecule has 0 aliphatic carbocycles. The molecule has 2 heterocycles. The van der Waals surface area contributed by atoms with E-state index in [0.29, 0.717) is 12.2 Å². The number of rotatable bonds is 7. The quantitative estimate of drug-likeness (QED) is 0.851. The standard InChI is InChI=1S/C13H19NO2S3/c1-3-19(15,16)8-4-5-10(14-2)12-9-13-11(18-12)6-7-17-13/h6-7,9-10,14H,3-5,8H2,1-2H3. The Balaban J connectivity index is 1.99. The van der Waals surface area contributed by atoms with Crippen LogP contribution in [0.2, 0.25) is 0 Å². The minimum atomic E-state index is -2.84. The first-order chi connectivity index (χ1) is 9.05. The van der Waals surface area contributed by atoms with Crippen LogP contribution in [0.5, 0.6) is 0 Å². The van der Waals surface area contributed by atoms with Crippen LogP contribution in [-0.4, -0.2) is 27.0 Å². The van der Waals surface area contributed by atoms with Gasteiger partial charge in [-0.25, -0.2) is 8.42 Å². The second-order valence-electron chi connectivity index (χ2n) is 4.52. The summed E-state index contributed by atoms with van der Waals surface area (Å²) in [7, 11) is -0.904. The van der Waals surface area contributed by atoms with Crippen molar-refractivity contribution < 1.29 is 8.42 Å². The average Bonchev–Trinajstić information content (AvgIpc) is 2.95. The SMILES string of the molecule is CCS(=O)(=O)CCCC(NC)c1cc2sccc2s1. The molecular weight excluding hydrogens is 298 g/mol. The fourth-order valence-electron chi connectivity index (χ4n) is 2.04. The second kappa shape index (κ2) is 6.35. The summed E-state index contributed by atoms with van der Waals surface area (Å²) < 4.78 is 25.6. The first-order valence-corrected chi connectivity index (χ1v) is 9.92. The maximum absolute atomic E-state index is 11.5. The van der Waals surface area contributed by atoms with Gasteiger partial charge in [0.05, 0.1) is 5.75 Å². The lowest BCUT2D eigenvalue weighted by Crippen LogP contribution is -2.17. The molecule has 0 aliphatic heterocycles. The van der Waals surface area contributed by atoms with Gasteiger partial charge in [0.15, 0.2) is 0 Å². The third-order valence-corrected chi connectivity index (χ3v) is 7.24. The minimum absolute atomic E-state index is 0.242. The third kappa shape index (κ3) is 3.78. The molecule has 1 atom stereocenters. The van der Waals surface area contributed by atoms with Gasteiger partial charge in [0.25, 0.3) is 0 Å². The number of hydrogen-bond donors (Lipinski definition) is 1. The molecule has 106 valence electrons. The zero-order valence-electron chi connectivity index (χ0n) is 11.2. The third-order valence-electron chi connectivity index (χ3n) is 3.24. The van der Waals surface area contributed by atoms with Gasteiger partial charge in [-0.05, 0) is 37.4 Å². The van der Waals surface area contributed by atoms with Gasteiger partial charge in [-0.2, -0.15) is 0 Å². The van der Waals surface area contributed by atoms with Gasteiger partial charge in [-0.1, -0.05) is 6.92 Å². The molecule has 2 aromatic heterocycles. The molecule has 3 nitrogen and oxygen atoms in total. The summed E-state index contributed by atoms with van der Waals surface area (Å²) in [5, 5.41) is 5.40. The van der Waals surface area contributed by atoms with Gasteiger partial charge in [-0.3, -0.25) is 0 Å². The molecule has 1 unspecified atom stereocenters. The van der Waals surface area contributed by atoms with Crippen LogP contribution in [0.1, 0.15) is 30.7 Å². The molecule has 0 saturated heterocycles. The zero-order valence-corrected chi connectivity index (χ0v) is 13.6. The molecule has 2 rings (SSSR count). The van der Waals surface area contributed by atoms with Gasteiger partial charge in [0.2, 0.25) is 0 Å². The topological polar surface area (TPSA) is 46.2 Å². The van der Waals surface area contributed by atoms with E-state index in [1.807, 2.05) is 7.05 Å². The van der Waals surface area contributed by atoms with E-state index in [1.54, 1.807) is 29.6 Å². The van der Waals surface area contributed by atoms with Crippen molar-refractivity contribution in [3.63, 3.8) is 0 Å². The Morgan fingerprint density at radius 1 is 1.37 bits per heavy atom. The lowest BCUT2D eigenvalue weighted by molar-refractivity contribution is 0.542. The van der Waals surface area contributed by atoms with E-state index in [9.17, 15) is 8.42 Å². The fourth-order valence-corrected chi connectivity index (χ4v) is 5.20. The molecule has 19 heavy (non-hydrogen) atoms. The average molecular weight is 318 g/mol. The van der Waals surface area contributed by atoms with E-state index in [2.05, 4.69) is 22.8 Å². The Kier molecular flexibility index (Phi) is 5.00. The molecule has 0 saturated carbocycles. The molecule has 0 spiro atoms. The molecule has 0 fully saturated rings. The van der Waals surface area contributed by atoms with Crippen molar-refractivity contribution in [1.82, 2.24) is 5.32 Å². The summed E-state index contributed by atoms with van der Waals surface area (Å²) in [6, 6.07) is 4.62. The summed E-state index contributed by atoms with van der Waals surface area (Å²) in [6.07, 6.45) is 1.58. The summed E-state index contributed by atoms with van der Waals surface area (Å²) in [5.74, 6) is 0.535. The first-order valence-electron chi connectivity index (χ1n) is 6.40. The van der Waals surface area contributed by atoms with E-state index in [0.717, 1.165) is 6.42 Å². The highest BCUT2D eigenvalue weighted by Gasteiger charge is 2.15. The summed E-state index contributed by atoms with van der Waals surface area (Å²) in [5.41, 5.74) is 0. The van der Waals surface area contributed by atoms with Crippen molar-refractivity contribution in [2.45, 2.75) is 25.8 Å². The number of thiophene rings is 2. The van der Waals surface area contributed by atoms with Gasteiger partial charge < -0.3 is 5.32 Å². The van der Waals surface area contributed by atoms with Gasteiger partial charge in [0.1, 0.15) is 9.84 Å². The highest BCUT2D eigenvalue weighted by molar-refractivity contribution is 7.91. The van der Waals surface area contributed by atoms with Crippen LogP contribution in [0.4, 0.5) is 0 Å². The van der Waals surface area contributed by atoms with Crippen molar-refractivity contribution in [2.75, 3.05) is 18.6 Å². The molecule has 0 radical (unpaired) electrons. The van der Waals surface area contributed by atoms with E-state index in [-0.39, 0.29) is 11.8 Å². The predicted octanol–water partition coefficient (Wildman–Crippen LogP) is 3.44. The Bertz CT molecular complexity index is 599. The van der Waals surface area contributed by atoms with Crippen LogP contribution in [0.25, 0.3) is 9.40 Å². The first kappa shape index (κ1) is 15.0. The van der Waals surface area contributed by atoms with Crippen molar-refractivity contribution >= 4 is 41.9 Å².